The second-order valence-corrected chi connectivity index (χ2v) is 4.91. The van der Waals surface area contributed by atoms with Gasteiger partial charge in [-0.25, -0.2) is 0 Å². The third-order valence-electron chi connectivity index (χ3n) is 3.10. The molecule has 0 saturated heterocycles. The number of rotatable bonds is 8. The first-order valence-electron chi connectivity index (χ1n) is 6.84. The third-order valence-corrected chi connectivity index (χ3v) is 3.10. The third kappa shape index (κ3) is 5.84. The fraction of sp³-hybridized carbons (Fsp3) is 0.467. The molecule has 0 aliphatic rings. The Balaban J connectivity index is 2.49. The fourth-order valence-electron chi connectivity index (χ4n) is 1.93. The molecule has 110 valence electrons. The number of hydrogen-bond acceptors (Lipinski definition) is 3. The van der Waals surface area contributed by atoms with Gasteiger partial charge in [-0.05, 0) is 43.0 Å². The summed E-state index contributed by atoms with van der Waals surface area (Å²) >= 11 is 0. The molecule has 0 heterocycles. The van der Waals surface area contributed by atoms with Crippen LogP contribution < -0.4 is 11.1 Å². The highest BCUT2D eigenvalue weighted by molar-refractivity contribution is 5.90. The van der Waals surface area contributed by atoms with Crippen LogP contribution in [0, 0.1) is 0 Å². The molecule has 0 bridgehead atoms. The molecule has 0 aliphatic carbocycles. The van der Waals surface area contributed by atoms with Crippen molar-refractivity contribution in [3.05, 3.63) is 29.8 Å². The van der Waals surface area contributed by atoms with Gasteiger partial charge in [0.15, 0.2) is 0 Å². The number of amides is 1. The summed E-state index contributed by atoms with van der Waals surface area (Å²) in [6.45, 7) is 2.47. The first kappa shape index (κ1) is 16.2. The average molecular weight is 278 g/mol. The highest BCUT2D eigenvalue weighted by atomic mass is 16.4. The molecule has 1 aromatic rings. The van der Waals surface area contributed by atoms with Crippen LogP contribution >= 0.6 is 0 Å². The number of unbranched alkanes of at least 4 members (excludes halogenated alkanes) is 1. The SMILES string of the molecule is CC(CC(=O)O)c1ccc(NC(=O)CCCCN)cc1. The van der Waals surface area contributed by atoms with Crippen LogP contribution in [0.4, 0.5) is 5.69 Å². The van der Waals surface area contributed by atoms with Crippen LogP contribution in [0.5, 0.6) is 0 Å². The molecule has 1 aromatic carbocycles. The van der Waals surface area contributed by atoms with Gasteiger partial charge in [-0.2, -0.15) is 0 Å². The minimum Gasteiger partial charge on any atom is -0.481 e. The lowest BCUT2D eigenvalue weighted by molar-refractivity contribution is -0.137. The molecule has 0 fully saturated rings. The van der Waals surface area contributed by atoms with Gasteiger partial charge in [-0.3, -0.25) is 9.59 Å². The Morgan fingerprint density at radius 1 is 1.25 bits per heavy atom. The van der Waals surface area contributed by atoms with Crippen LogP contribution in [0.25, 0.3) is 0 Å². The largest absolute Gasteiger partial charge is 0.481 e. The summed E-state index contributed by atoms with van der Waals surface area (Å²) < 4.78 is 0. The minimum atomic E-state index is -0.810. The minimum absolute atomic E-state index is 0.0233. The van der Waals surface area contributed by atoms with Gasteiger partial charge in [0.2, 0.25) is 5.91 Å². The second-order valence-electron chi connectivity index (χ2n) is 4.91. The highest BCUT2D eigenvalue weighted by Gasteiger charge is 2.10. The van der Waals surface area contributed by atoms with E-state index in [2.05, 4.69) is 5.32 Å². The van der Waals surface area contributed by atoms with Crippen molar-refractivity contribution in [2.24, 2.45) is 5.73 Å². The van der Waals surface area contributed by atoms with E-state index in [-0.39, 0.29) is 18.2 Å². The summed E-state index contributed by atoms with van der Waals surface area (Å²) in [7, 11) is 0. The first-order valence-corrected chi connectivity index (χ1v) is 6.84. The summed E-state index contributed by atoms with van der Waals surface area (Å²) in [6, 6.07) is 7.30. The van der Waals surface area contributed by atoms with Gasteiger partial charge in [-0.15, -0.1) is 0 Å². The number of aliphatic carboxylic acids is 1. The lowest BCUT2D eigenvalue weighted by atomic mass is 9.98. The highest BCUT2D eigenvalue weighted by Crippen LogP contribution is 2.21. The maximum atomic E-state index is 11.6. The van der Waals surface area contributed by atoms with Crippen molar-refractivity contribution in [1.82, 2.24) is 0 Å². The van der Waals surface area contributed by atoms with Gasteiger partial charge >= 0.3 is 5.97 Å². The molecule has 0 aromatic heterocycles. The molecule has 0 saturated carbocycles. The molecular weight excluding hydrogens is 256 g/mol. The number of hydrogen-bond donors (Lipinski definition) is 3. The van der Waals surface area contributed by atoms with Crippen molar-refractivity contribution >= 4 is 17.6 Å². The normalized spacial score (nSPS) is 11.9. The number of nitrogens with two attached hydrogens (primary N) is 1. The zero-order chi connectivity index (χ0) is 15.0. The van der Waals surface area contributed by atoms with Crippen LogP contribution in [0.1, 0.15) is 44.1 Å². The quantitative estimate of drug-likeness (QED) is 0.636. The second kappa shape index (κ2) is 8.32. The Morgan fingerprint density at radius 2 is 1.90 bits per heavy atom. The Bertz CT molecular complexity index is 443. The molecule has 0 aliphatic heterocycles. The van der Waals surface area contributed by atoms with E-state index in [0.717, 1.165) is 24.1 Å². The van der Waals surface area contributed by atoms with Gasteiger partial charge < -0.3 is 16.2 Å². The van der Waals surface area contributed by atoms with Crippen LogP contribution in [0.15, 0.2) is 24.3 Å². The van der Waals surface area contributed by atoms with Gasteiger partial charge in [0.25, 0.3) is 0 Å². The van der Waals surface area contributed by atoms with E-state index in [0.29, 0.717) is 13.0 Å². The summed E-state index contributed by atoms with van der Waals surface area (Å²) in [5.74, 6) is -0.874. The smallest absolute Gasteiger partial charge is 0.303 e. The fourth-order valence-corrected chi connectivity index (χ4v) is 1.93. The van der Waals surface area contributed by atoms with Crippen LogP contribution in [0.3, 0.4) is 0 Å². The predicted octanol–water partition coefficient (Wildman–Crippen LogP) is 2.33. The Labute approximate surface area is 119 Å². The van der Waals surface area contributed by atoms with Gasteiger partial charge in [0.1, 0.15) is 0 Å². The molecule has 1 atom stereocenters. The van der Waals surface area contributed by atoms with E-state index in [1.807, 2.05) is 19.1 Å². The van der Waals surface area contributed by atoms with Gasteiger partial charge in [-0.1, -0.05) is 19.1 Å². The number of carbonyl (C=O) groups is 2. The molecule has 5 nitrogen and oxygen atoms in total. The van der Waals surface area contributed by atoms with E-state index < -0.39 is 5.97 Å². The lowest BCUT2D eigenvalue weighted by Crippen LogP contribution is -2.12. The zero-order valence-electron chi connectivity index (χ0n) is 11.8. The number of carbonyl (C=O) groups excluding carboxylic acids is 1. The first-order chi connectivity index (χ1) is 9.52. The van der Waals surface area contributed by atoms with E-state index in [9.17, 15) is 9.59 Å². The number of anilines is 1. The van der Waals surface area contributed by atoms with Gasteiger partial charge in [0, 0.05) is 12.1 Å². The zero-order valence-corrected chi connectivity index (χ0v) is 11.8. The van der Waals surface area contributed by atoms with Crippen LogP contribution in [0.2, 0.25) is 0 Å². The molecule has 4 N–H and O–H groups in total. The predicted molar refractivity (Wildman–Crippen MR) is 78.6 cm³/mol. The van der Waals surface area contributed by atoms with Crippen LogP contribution in [-0.4, -0.2) is 23.5 Å². The Kier molecular flexibility index (Phi) is 6.73. The molecule has 1 amide bonds. The summed E-state index contributed by atoms with van der Waals surface area (Å²) in [6.07, 6.45) is 2.20. The molecule has 5 heteroatoms. The molecule has 20 heavy (non-hydrogen) atoms. The maximum Gasteiger partial charge on any atom is 0.303 e. The van der Waals surface area contributed by atoms with E-state index >= 15 is 0 Å². The maximum absolute atomic E-state index is 11.6. The monoisotopic (exact) mass is 278 g/mol. The number of carboxylic acids is 1. The molecule has 0 spiro atoms. The standard InChI is InChI=1S/C15H22N2O3/c1-11(10-15(19)20)12-5-7-13(8-6-12)17-14(18)4-2-3-9-16/h5-8,11H,2-4,9-10,16H2,1H3,(H,17,18)(H,19,20). The number of nitrogens with one attached hydrogen (secondary N) is 1. The van der Waals surface area contributed by atoms with Crippen molar-refractivity contribution in [2.75, 3.05) is 11.9 Å². The van der Waals surface area contributed by atoms with Gasteiger partial charge in [0.05, 0.1) is 6.42 Å². The van der Waals surface area contributed by atoms with Crippen molar-refractivity contribution in [2.45, 2.75) is 38.5 Å². The average Bonchev–Trinajstić information content (AvgIpc) is 2.39. The summed E-state index contributed by atoms with van der Waals surface area (Å²) in [4.78, 5) is 22.3. The summed E-state index contributed by atoms with van der Waals surface area (Å²) in [5, 5.41) is 11.6. The Morgan fingerprint density at radius 3 is 2.45 bits per heavy atom. The van der Waals surface area contributed by atoms with Crippen molar-refractivity contribution < 1.29 is 14.7 Å². The Hall–Kier alpha value is -1.88. The number of carboxylic acid groups (broad SMARTS) is 1. The molecule has 1 rings (SSSR count). The van der Waals surface area contributed by atoms with Crippen LogP contribution in [-0.2, 0) is 9.59 Å². The lowest BCUT2D eigenvalue weighted by Gasteiger charge is -2.10. The summed E-state index contributed by atoms with van der Waals surface area (Å²) in [5.41, 5.74) is 7.06. The van der Waals surface area contributed by atoms with Crippen molar-refractivity contribution in [3.8, 4) is 0 Å². The molecule has 0 radical (unpaired) electrons. The molecule has 1 unspecified atom stereocenters. The molecular formula is C15H22N2O3. The van der Waals surface area contributed by atoms with E-state index in [1.165, 1.54) is 0 Å². The van der Waals surface area contributed by atoms with E-state index in [1.54, 1.807) is 12.1 Å². The van der Waals surface area contributed by atoms with E-state index in [4.69, 9.17) is 10.8 Å². The van der Waals surface area contributed by atoms with Crippen molar-refractivity contribution in [3.63, 3.8) is 0 Å². The topological polar surface area (TPSA) is 92.4 Å². The number of benzene rings is 1. The van der Waals surface area contributed by atoms with Crippen molar-refractivity contribution in [1.29, 1.82) is 0 Å².